The maximum absolute atomic E-state index is 13.2. The second-order valence-corrected chi connectivity index (χ2v) is 14.6. The largest absolute Gasteiger partial charge is 0.490 e. The molecule has 2 aromatic rings. The van der Waals surface area contributed by atoms with E-state index in [1.807, 2.05) is 52.1 Å². The van der Waals surface area contributed by atoms with E-state index in [0.717, 1.165) is 74.5 Å². The van der Waals surface area contributed by atoms with Gasteiger partial charge in [0.1, 0.15) is 11.4 Å². The van der Waals surface area contributed by atoms with Gasteiger partial charge < -0.3 is 24.2 Å². The highest BCUT2D eigenvalue weighted by molar-refractivity contribution is 6.30. The Morgan fingerprint density at radius 2 is 2.02 bits per heavy atom. The Kier molecular flexibility index (Phi) is 8.58. The van der Waals surface area contributed by atoms with Crippen LogP contribution in [-0.4, -0.2) is 56.2 Å². The monoisotopic (exact) mass is 607 g/mol. The lowest BCUT2D eigenvalue weighted by Gasteiger charge is -2.47. The lowest BCUT2D eigenvalue weighted by atomic mass is 9.65. The van der Waals surface area contributed by atoms with Crippen LogP contribution in [0.4, 0.5) is 5.69 Å². The standard InChI is InChI=1S/C36H46ClNO5/c1-35(2,3)43-34(40)25-8-12-32-31(19-25)38(20-26-7-10-29(26)33(41-4)27-16-23(17-27)13-15-39)21-36(22-42-32)14-5-6-24-18-28(37)9-11-30(24)36/h8-9,11-12,16,18-19,23,26,29,33,39H,5-7,10,13-15,17,20-22H2,1-4H3/t23?,26-,29+,33-,36-/m0/s1. The maximum Gasteiger partial charge on any atom is 0.338 e. The lowest BCUT2D eigenvalue weighted by Crippen LogP contribution is -2.50. The number of hydrogen-bond donors (Lipinski definition) is 1. The minimum Gasteiger partial charge on any atom is -0.490 e. The van der Waals surface area contributed by atoms with Gasteiger partial charge in [-0.25, -0.2) is 4.79 Å². The van der Waals surface area contributed by atoms with Crippen LogP contribution < -0.4 is 9.64 Å². The van der Waals surface area contributed by atoms with Crippen LogP contribution >= 0.6 is 11.6 Å². The normalized spacial score (nSPS) is 27.1. The fourth-order valence-electron chi connectivity index (χ4n) is 7.82. The Balaban J connectivity index is 1.33. The summed E-state index contributed by atoms with van der Waals surface area (Å²) < 4.78 is 18.5. The zero-order valence-corrected chi connectivity index (χ0v) is 26.8. The third kappa shape index (κ3) is 6.21. The number of carbonyl (C=O) groups is 1. The van der Waals surface area contributed by atoms with Crippen molar-refractivity contribution in [3.05, 3.63) is 69.8 Å². The molecule has 43 heavy (non-hydrogen) atoms. The predicted molar refractivity (Wildman–Crippen MR) is 170 cm³/mol. The van der Waals surface area contributed by atoms with Gasteiger partial charge in [-0.2, -0.15) is 0 Å². The predicted octanol–water partition coefficient (Wildman–Crippen LogP) is 7.14. The molecule has 6 rings (SSSR count). The Labute approximate surface area is 261 Å². The van der Waals surface area contributed by atoms with Gasteiger partial charge in [-0.15, -0.1) is 0 Å². The van der Waals surface area contributed by atoms with Crippen molar-refractivity contribution in [1.29, 1.82) is 0 Å². The first kappa shape index (κ1) is 30.5. The van der Waals surface area contributed by atoms with Crippen LogP contribution in [-0.2, 0) is 21.3 Å². The van der Waals surface area contributed by atoms with Crippen molar-refractivity contribution >= 4 is 23.3 Å². The van der Waals surface area contributed by atoms with Crippen molar-refractivity contribution in [3.8, 4) is 5.75 Å². The molecule has 2 aromatic carbocycles. The molecular formula is C36H46ClNO5. The lowest BCUT2D eigenvalue weighted by molar-refractivity contribution is 0.000130. The second-order valence-electron chi connectivity index (χ2n) is 14.2. The number of aliphatic hydroxyl groups excluding tert-OH is 1. The summed E-state index contributed by atoms with van der Waals surface area (Å²) in [5.74, 6) is 1.88. The van der Waals surface area contributed by atoms with E-state index < -0.39 is 5.60 Å². The van der Waals surface area contributed by atoms with E-state index in [2.05, 4.69) is 23.1 Å². The van der Waals surface area contributed by atoms with Crippen LogP contribution in [0.25, 0.3) is 0 Å². The average molecular weight is 608 g/mol. The molecule has 1 unspecified atom stereocenters. The molecule has 7 heteroatoms. The van der Waals surface area contributed by atoms with Crippen molar-refractivity contribution < 1.29 is 24.1 Å². The summed E-state index contributed by atoms with van der Waals surface area (Å²) in [6.45, 7) is 8.19. The number of anilines is 1. The van der Waals surface area contributed by atoms with E-state index in [0.29, 0.717) is 29.9 Å². The molecule has 0 saturated heterocycles. The molecule has 1 spiro atoms. The summed E-state index contributed by atoms with van der Waals surface area (Å²) in [6, 6.07) is 12.1. The first-order valence-electron chi connectivity index (χ1n) is 16.0. The molecular weight excluding hydrogens is 562 g/mol. The van der Waals surface area contributed by atoms with E-state index in [-0.39, 0.29) is 24.1 Å². The third-order valence-corrected chi connectivity index (χ3v) is 10.3. The quantitative estimate of drug-likeness (QED) is 0.254. The highest BCUT2D eigenvalue weighted by atomic mass is 35.5. The first-order chi connectivity index (χ1) is 20.6. The van der Waals surface area contributed by atoms with Crippen LogP contribution in [0.5, 0.6) is 5.75 Å². The Hall–Kier alpha value is -2.54. The minimum atomic E-state index is -0.572. The van der Waals surface area contributed by atoms with Gasteiger partial charge in [-0.05, 0) is 131 Å². The van der Waals surface area contributed by atoms with Gasteiger partial charge in [0.15, 0.2) is 0 Å². The SMILES string of the molecule is CO[C@@H](C1=CC(CCO)C1)[C@@H]1CC[C@H]1CN1C[C@@]2(CCCc3cc(Cl)ccc32)COc2ccc(C(=O)OC(C)(C)C)cc21. The molecule has 0 radical (unpaired) electrons. The number of esters is 1. The highest BCUT2D eigenvalue weighted by Crippen LogP contribution is 2.48. The third-order valence-electron chi connectivity index (χ3n) is 10.1. The van der Waals surface area contributed by atoms with Gasteiger partial charge in [0, 0.05) is 37.2 Å². The van der Waals surface area contributed by atoms with Gasteiger partial charge in [0.05, 0.1) is 24.0 Å². The zero-order valence-electron chi connectivity index (χ0n) is 26.0. The summed E-state index contributed by atoms with van der Waals surface area (Å²) in [5, 5.41) is 10.1. The fourth-order valence-corrected chi connectivity index (χ4v) is 8.01. The molecule has 1 fully saturated rings. The number of halogens is 1. The molecule has 5 atom stereocenters. The van der Waals surface area contributed by atoms with Gasteiger partial charge in [-0.3, -0.25) is 0 Å². The Bertz CT molecular complexity index is 1380. The van der Waals surface area contributed by atoms with Crippen LogP contribution in [0.2, 0.25) is 5.02 Å². The van der Waals surface area contributed by atoms with Crippen LogP contribution in [0.3, 0.4) is 0 Å². The number of allylic oxidation sites excluding steroid dienone is 1. The summed E-state index contributed by atoms with van der Waals surface area (Å²) in [7, 11) is 1.83. The number of carbonyl (C=O) groups excluding carboxylic acids is 1. The zero-order chi connectivity index (χ0) is 30.4. The number of ether oxygens (including phenoxy) is 3. The Morgan fingerprint density at radius 3 is 2.72 bits per heavy atom. The number of rotatable bonds is 8. The van der Waals surface area contributed by atoms with Gasteiger partial charge in [0.25, 0.3) is 0 Å². The second kappa shape index (κ2) is 12.1. The molecule has 0 bridgehead atoms. The molecule has 6 nitrogen and oxygen atoms in total. The number of aliphatic hydroxyl groups is 1. The molecule has 4 aliphatic rings. The summed E-state index contributed by atoms with van der Waals surface area (Å²) >= 11 is 6.44. The topological polar surface area (TPSA) is 68.2 Å². The number of nitrogens with zero attached hydrogens (tertiary/aromatic N) is 1. The fraction of sp³-hybridized carbons (Fsp3) is 0.583. The van der Waals surface area contributed by atoms with E-state index >= 15 is 0 Å². The molecule has 3 aliphatic carbocycles. The van der Waals surface area contributed by atoms with E-state index in [1.54, 1.807) is 0 Å². The van der Waals surface area contributed by atoms with E-state index in [9.17, 15) is 9.90 Å². The van der Waals surface area contributed by atoms with E-state index in [1.165, 1.54) is 16.7 Å². The molecule has 1 heterocycles. The van der Waals surface area contributed by atoms with Crippen LogP contribution in [0.15, 0.2) is 48.0 Å². The number of fused-ring (bicyclic) bond motifs is 3. The van der Waals surface area contributed by atoms with Crippen molar-refractivity contribution in [3.63, 3.8) is 0 Å². The first-order valence-corrected chi connectivity index (χ1v) is 16.4. The number of benzene rings is 2. The number of aryl methyl sites for hydroxylation is 1. The van der Waals surface area contributed by atoms with Gasteiger partial charge in [-0.1, -0.05) is 23.7 Å². The van der Waals surface area contributed by atoms with Crippen molar-refractivity contribution in [2.24, 2.45) is 17.8 Å². The Morgan fingerprint density at radius 1 is 1.21 bits per heavy atom. The molecule has 0 amide bonds. The van der Waals surface area contributed by atoms with Crippen molar-refractivity contribution in [2.75, 3.05) is 38.3 Å². The van der Waals surface area contributed by atoms with Gasteiger partial charge in [0.2, 0.25) is 0 Å². The van der Waals surface area contributed by atoms with Gasteiger partial charge >= 0.3 is 5.97 Å². The van der Waals surface area contributed by atoms with Crippen LogP contribution in [0.1, 0.15) is 80.8 Å². The summed E-state index contributed by atoms with van der Waals surface area (Å²) in [6.07, 6.45) is 9.74. The average Bonchev–Trinajstić information content (AvgIpc) is 3.07. The number of methoxy groups -OCH3 is 1. The molecule has 1 aliphatic heterocycles. The van der Waals surface area contributed by atoms with Crippen molar-refractivity contribution in [1.82, 2.24) is 0 Å². The maximum atomic E-state index is 13.2. The van der Waals surface area contributed by atoms with E-state index in [4.69, 9.17) is 25.8 Å². The molecule has 232 valence electrons. The smallest absolute Gasteiger partial charge is 0.338 e. The van der Waals surface area contributed by atoms with Crippen molar-refractivity contribution in [2.45, 2.75) is 82.8 Å². The highest BCUT2D eigenvalue weighted by Gasteiger charge is 2.45. The molecule has 0 aromatic heterocycles. The number of hydrogen-bond acceptors (Lipinski definition) is 6. The molecule has 1 saturated carbocycles. The minimum absolute atomic E-state index is 0.121. The molecule has 1 N–H and O–H groups in total. The summed E-state index contributed by atoms with van der Waals surface area (Å²) in [5.41, 5.74) is 4.81. The van der Waals surface area contributed by atoms with Crippen LogP contribution in [0, 0.1) is 17.8 Å². The summed E-state index contributed by atoms with van der Waals surface area (Å²) in [4.78, 5) is 15.6.